The topological polar surface area (TPSA) is 57.0 Å². The zero-order valence-corrected chi connectivity index (χ0v) is 17.5. The van der Waals surface area contributed by atoms with Crippen LogP contribution in [0.4, 0.5) is 0 Å². The molecule has 0 radical (unpaired) electrons. The van der Waals surface area contributed by atoms with Gasteiger partial charge in [0.05, 0.1) is 17.1 Å². The number of rotatable bonds is 8. The highest BCUT2D eigenvalue weighted by molar-refractivity contribution is 6.76. The molecule has 0 fully saturated rings. The van der Waals surface area contributed by atoms with E-state index in [1.807, 2.05) is 48.1 Å². The molecule has 0 saturated heterocycles. The van der Waals surface area contributed by atoms with Crippen LogP contribution in [0.5, 0.6) is 0 Å². The van der Waals surface area contributed by atoms with E-state index in [1.165, 1.54) is 0 Å². The Hall–Kier alpha value is -2.31. The van der Waals surface area contributed by atoms with Gasteiger partial charge in [-0.2, -0.15) is 5.10 Å². The average Bonchev–Trinajstić information content (AvgIpc) is 3.03. The number of fused-ring (bicyclic) bond motifs is 1. The smallest absolute Gasteiger partial charge is 0.139 e. The molecule has 0 aliphatic heterocycles. The van der Waals surface area contributed by atoms with E-state index in [1.54, 1.807) is 6.20 Å². The van der Waals surface area contributed by atoms with E-state index >= 15 is 0 Å². The third kappa shape index (κ3) is 4.90. The lowest BCUT2D eigenvalue weighted by Gasteiger charge is -2.15. The summed E-state index contributed by atoms with van der Waals surface area (Å²) in [5.41, 5.74) is 3.69. The monoisotopic (exact) mass is 381 g/mol. The van der Waals surface area contributed by atoms with Crippen molar-refractivity contribution >= 4 is 25.3 Å². The van der Waals surface area contributed by atoms with Gasteiger partial charge in [0, 0.05) is 32.5 Å². The van der Waals surface area contributed by atoms with Gasteiger partial charge in [-0.25, -0.2) is 4.68 Å². The molecule has 1 unspecified atom stereocenters. The molecule has 27 heavy (non-hydrogen) atoms. The summed E-state index contributed by atoms with van der Waals surface area (Å²) in [7, 11) is -1.09. The van der Waals surface area contributed by atoms with Gasteiger partial charge in [-0.1, -0.05) is 31.8 Å². The minimum Gasteiger partial charge on any atom is -0.360 e. The van der Waals surface area contributed by atoms with Crippen LogP contribution in [0.25, 0.3) is 10.9 Å². The Balaban J connectivity index is 1.81. The van der Waals surface area contributed by atoms with Gasteiger partial charge >= 0.3 is 0 Å². The van der Waals surface area contributed by atoms with Gasteiger partial charge in [-0.15, -0.1) is 0 Å². The Morgan fingerprint density at radius 1 is 1.26 bits per heavy atom. The molecule has 0 spiro atoms. The van der Waals surface area contributed by atoms with E-state index in [4.69, 9.17) is 4.74 Å². The lowest BCUT2D eigenvalue weighted by atomic mass is 9.94. The maximum absolute atomic E-state index is 11.7. The molecule has 142 valence electrons. The number of aldehydes is 1. The third-order valence-electron chi connectivity index (χ3n) is 4.59. The molecule has 3 rings (SSSR count). The number of nitrogens with zero attached hydrogens (tertiary/aromatic N) is 3. The first-order valence-electron chi connectivity index (χ1n) is 9.29. The molecule has 1 aromatic carbocycles. The number of hydrogen-bond acceptors (Lipinski definition) is 4. The van der Waals surface area contributed by atoms with Crippen LogP contribution in [-0.4, -0.2) is 35.7 Å². The van der Waals surface area contributed by atoms with Crippen molar-refractivity contribution < 1.29 is 9.53 Å². The molecule has 0 aliphatic carbocycles. The Morgan fingerprint density at radius 2 is 2.07 bits per heavy atom. The Morgan fingerprint density at radius 3 is 2.74 bits per heavy atom. The van der Waals surface area contributed by atoms with Crippen LogP contribution in [0.15, 0.2) is 42.7 Å². The number of pyridine rings is 1. The number of benzene rings is 1. The predicted octanol–water partition coefficient (Wildman–Crippen LogP) is 4.38. The predicted molar refractivity (Wildman–Crippen MR) is 111 cm³/mol. The summed E-state index contributed by atoms with van der Waals surface area (Å²) >= 11 is 0. The molecule has 6 heteroatoms. The molecule has 5 nitrogen and oxygen atoms in total. The maximum atomic E-state index is 11.7. The van der Waals surface area contributed by atoms with Crippen LogP contribution >= 0.6 is 0 Å². The van der Waals surface area contributed by atoms with Crippen LogP contribution < -0.4 is 0 Å². The summed E-state index contributed by atoms with van der Waals surface area (Å²) < 4.78 is 7.64. The van der Waals surface area contributed by atoms with Crippen LogP contribution in [0.1, 0.15) is 22.7 Å². The number of aryl methyl sites for hydroxylation is 1. The van der Waals surface area contributed by atoms with Crippen molar-refractivity contribution in [2.24, 2.45) is 0 Å². The minimum atomic E-state index is -1.09. The van der Waals surface area contributed by atoms with Crippen LogP contribution in [0.3, 0.4) is 0 Å². The van der Waals surface area contributed by atoms with Gasteiger partial charge in [0.15, 0.2) is 0 Å². The minimum absolute atomic E-state index is 0.370. The van der Waals surface area contributed by atoms with Crippen LogP contribution in [0.2, 0.25) is 25.7 Å². The first-order chi connectivity index (χ1) is 12.9. The van der Waals surface area contributed by atoms with Crippen molar-refractivity contribution in [3.05, 3.63) is 59.5 Å². The zero-order valence-electron chi connectivity index (χ0n) is 16.5. The summed E-state index contributed by atoms with van der Waals surface area (Å²) in [5, 5.41) is 5.66. The maximum Gasteiger partial charge on any atom is 0.139 e. The molecular formula is C21H27N3O2Si. The Bertz CT molecular complexity index is 916. The van der Waals surface area contributed by atoms with E-state index in [0.29, 0.717) is 6.73 Å². The number of ether oxygens (including phenoxy) is 1. The van der Waals surface area contributed by atoms with Crippen molar-refractivity contribution in [1.82, 2.24) is 14.8 Å². The first kappa shape index (κ1) is 19.4. The van der Waals surface area contributed by atoms with Crippen molar-refractivity contribution in [1.29, 1.82) is 0 Å². The van der Waals surface area contributed by atoms with E-state index in [2.05, 4.69) is 29.7 Å². The number of carbonyl (C=O) groups is 1. The third-order valence-corrected chi connectivity index (χ3v) is 6.29. The van der Waals surface area contributed by atoms with Gasteiger partial charge in [0.25, 0.3) is 0 Å². The molecule has 2 heterocycles. The van der Waals surface area contributed by atoms with Crippen molar-refractivity contribution in [2.75, 3.05) is 6.61 Å². The summed E-state index contributed by atoms with van der Waals surface area (Å²) in [6.07, 6.45) is 4.65. The molecule has 2 aromatic heterocycles. The fourth-order valence-corrected chi connectivity index (χ4v) is 3.81. The van der Waals surface area contributed by atoms with Crippen molar-refractivity contribution in [2.45, 2.75) is 45.3 Å². The second-order valence-corrected chi connectivity index (χ2v) is 13.8. The largest absolute Gasteiger partial charge is 0.360 e. The van der Waals surface area contributed by atoms with E-state index in [0.717, 1.165) is 46.7 Å². The SMILES string of the molecule is Cc1cc(C(C=O)c2ccccn2)cc2cn(COCC[Si](C)(C)C)nc12. The molecule has 3 aromatic rings. The molecule has 0 aliphatic rings. The van der Waals surface area contributed by atoms with Crippen LogP contribution in [-0.2, 0) is 16.3 Å². The molecule has 0 saturated carbocycles. The Labute approximate surface area is 161 Å². The van der Waals surface area contributed by atoms with E-state index in [-0.39, 0.29) is 5.92 Å². The van der Waals surface area contributed by atoms with Crippen molar-refractivity contribution in [3.63, 3.8) is 0 Å². The number of hydrogen-bond donors (Lipinski definition) is 0. The number of carbonyl (C=O) groups excluding carboxylic acids is 1. The second kappa shape index (κ2) is 8.15. The van der Waals surface area contributed by atoms with Crippen LogP contribution in [0, 0.1) is 6.92 Å². The zero-order chi connectivity index (χ0) is 19.4. The summed E-state index contributed by atoms with van der Waals surface area (Å²) in [6.45, 7) is 10.3. The molecular weight excluding hydrogens is 354 g/mol. The lowest BCUT2D eigenvalue weighted by molar-refractivity contribution is -0.108. The summed E-state index contributed by atoms with van der Waals surface area (Å²) in [6, 6.07) is 10.8. The molecule has 0 N–H and O–H groups in total. The second-order valence-electron chi connectivity index (χ2n) is 8.16. The molecule has 1 atom stereocenters. The first-order valence-corrected chi connectivity index (χ1v) is 13.0. The fraction of sp³-hybridized carbons (Fsp3) is 0.381. The van der Waals surface area contributed by atoms with E-state index in [9.17, 15) is 4.79 Å². The highest BCUT2D eigenvalue weighted by Crippen LogP contribution is 2.27. The average molecular weight is 382 g/mol. The quantitative estimate of drug-likeness (QED) is 0.330. The molecule has 0 bridgehead atoms. The standard InChI is InChI=1S/C21H27N3O2Si/c1-16-11-17(19(14-25)20-7-5-6-8-22-20)12-18-13-24(23-21(16)18)15-26-9-10-27(2,3)4/h5-8,11-14,19H,9-10,15H2,1-4H3. The van der Waals surface area contributed by atoms with Gasteiger partial charge in [-0.05, 0) is 42.3 Å². The Kier molecular flexibility index (Phi) is 5.87. The normalized spacial score (nSPS) is 13.0. The van der Waals surface area contributed by atoms with E-state index < -0.39 is 8.07 Å². The molecule has 0 amide bonds. The van der Waals surface area contributed by atoms with Gasteiger partial charge in [0.1, 0.15) is 13.0 Å². The lowest BCUT2D eigenvalue weighted by Crippen LogP contribution is -2.22. The van der Waals surface area contributed by atoms with Crippen molar-refractivity contribution in [3.8, 4) is 0 Å². The fourth-order valence-electron chi connectivity index (χ4n) is 3.05. The highest BCUT2D eigenvalue weighted by atomic mass is 28.3. The number of aromatic nitrogens is 3. The highest BCUT2D eigenvalue weighted by Gasteiger charge is 2.17. The van der Waals surface area contributed by atoms with Gasteiger partial charge < -0.3 is 9.53 Å². The van der Waals surface area contributed by atoms with Gasteiger partial charge in [-0.3, -0.25) is 4.98 Å². The summed E-state index contributed by atoms with van der Waals surface area (Å²) in [5.74, 6) is -0.370. The summed E-state index contributed by atoms with van der Waals surface area (Å²) in [4.78, 5) is 16.1. The van der Waals surface area contributed by atoms with Gasteiger partial charge in [0.2, 0.25) is 0 Å².